The van der Waals surface area contributed by atoms with Crippen LogP contribution in [0.15, 0.2) is 99.9 Å². The van der Waals surface area contributed by atoms with Gasteiger partial charge in [0.15, 0.2) is 16.3 Å². The Balaban J connectivity index is 1.35. The van der Waals surface area contributed by atoms with Crippen LogP contribution in [0.4, 0.5) is 0 Å². The molecular weight excluding hydrogens is 739 g/mol. The lowest BCUT2D eigenvalue weighted by Crippen LogP contribution is -2.40. The van der Waals surface area contributed by atoms with Crippen LogP contribution in [0.1, 0.15) is 50.4 Å². The maximum atomic E-state index is 14.1. The van der Waals surface area contributed by atoms with Crippen LogP contribution in [-0.4, -0.2) is 30.4 Å². The summed E-state index contributed by atoms with van der Waals surface area (Å²) < 4.78 is 26.2. The zero-order chi connectivity index (χ0) is 33.9. The lowest BCUT2D eigenvalue weighted by molar-refractivity contribution is -0.139. The van der Waals surface area contributed by atoms with Gasteiger partial charge in [0.05, 0.1) is 45.2 Å². The van der Waals surface area contributed by atoms with Crippen molar-refractivity contribution in [3.05, 3.63) is 130 Å². The number of nitrogens with zero attached hydrogens (tertiary/aromatic N) is 2. The van der Waals surface area contributed by atoms with E-state index in [4.69, 9.17) is 23.9 Å². The van der Waals surface area contributed by atoms with Gasteiger partial charge in [-0.1, -0.05) is 59.9 Å². The molecule has 1 atom stereocenters. The summed E-state index contributed by atoms with van der Waals surface area (Å²) in [5.74, 6) is 1.31. The molecule has 0 aliphatic carbocycles. The molecule has 4 aromatic carbocycles. The van der Waals surface area contributed by atoms with Crippen molar-refractivity contribution >= 4 is 56.7 Å². The smallest absolute Gasteiger partial charge is 0.338 e. The standard InChI is InChI=1S/C38H35IN2O6S/c1-6-45-37(43)34-23(4)40-38-41(35(34)28-14-16-31(47-22(2)3)32(20-28)44-5)36(42)33(48-38)19-24-12-15-30(29(39)18-24)46-21-25-11-13-26-9-7-8-10-27(26)17-25/h7-20,22,35H,6,21H2,1-5H3/b33-19-/t35-/m0/s1. The minimum absolute atomic E-state index is 0.0621. The Labute approximate surface area is 296 Å². The summed E-state index contributed by atoms with van der Waals surface area (Å²) in [4.78, 5) is 32.6. The number of allylic oxidation sites excluding steroid dienone is 1. The van der Waals surface area contributed by atoms with Crippen LogP contribution in [0.3, 0.4) is 0 Å². The third-order valence-electron chi connectivity index (χ3n) is 7.85. The first kappa shape index (κ1) is 33.5. The molecular formula is C38H35IN2O6S. The maximum absolute atomic E-state index is 14.1. The second-order valence-corrected chi connectivity index (χ2v) is 13.7. The number of methoxy groups -OCH3 is 1. The average Bonchev–Trinajstić information content (AvgIpc) is 3.37. The van der Waals surface area contributed by atoms with Crippen LogP contribution in [0, 0.1) is 3.57 Å². The van der Waals surface area contributed by atoms with E-state index in [2.05, 4.69) is 52.9 Å². The summed E-state index contributed by atoms with van der Waals surface area (Å²) in [6.45, 7) is 8.02. The van der Waals surface area contributed by atoms with Crippen molar-refractivity contribution in [1.82, 2.24) is 4.57 Å². The van der Waals surface area contributed by atoms with Crippen molar-refractivity contribution in [2.75, 3.05) is 13.7 Å². The molecule has 0 fully saturated rings. The fourth-order valence-electron chi connectivity index (χ4n) is 5.68. The first-order valence-electron chi connectivity index (χ1n) is 15.6. The average molecular weight is 775 g/mol. The van der Waals surface area contributed by atoms with E-state index in [-0.39, 0.29) is 18.3 Å². The number of fused-ring (bicyclic) bond motifs is 2. The number of carbonyl (C=O) groups excluding carboxylic acids is 1. The van der Waals surface area contributed by atoms with Crippen molar-refractivity contribution < 1.29 is 23.7 Å². The molecule has 2 heterocycles. The van der Waals surface area contributed by atoms with Crippen molar-refractivity contribution in [3.63, 3.8) is 0 Å². The number of halogens is 1. The van der Waals surface area contributed by atoms with Crippen LogP contribution >= 0.6 is 33.9 Å². The quantitative estimate of drug-likeness (QED) is 0.113. The predicted octanol–water partition coefficient (Wildman–Crippen LogP) is 6.93. The molecule has 5 aromatic rings. The molecule has 246 valence electrons. The van der Waals surface area contributed by atoms with Gasteiger partial charge in [-0.3, -0.25) is 9.36 Å². The normalized spacial score (nSPS) is 14.6. The monoisotopic (exact) mass is 774 g/mol. The van der Waals surface area contributed by atoms with E-state index in [1.807, 2.05) is 56.3 Å². The summed E-state index contributed by atoms with van der Waals surface area (Å²) in [5.41, 5.74) is 3.15. The Morgan fingerprint density at radius 3 is 2.50 bits per heavy atom. The third kappa shape index (κ3) is 6.91. The number of hydrogen-bond donors (Lipinski definition) is 0. The lowest BCUT2D eigenvalue weighted by atomic mass is 9.95. The molecule has 0 bridgehead atoms. The van der Waals surface area contributed by atoms with Gasteiger partial charge in [-0.2, -0.15) is 0 Å². The summed E-state index contributed by atoms with van der Waals surface area (Å²) in [6, 6.07) is 25.1. The predicted molar refractivity (Wildman–Crippen MR) is 197 cm³/mol. The molecule has 48 heavy (non-hydrogen) atoms. The van der Waals surface area contributed by atoms with E-state index in [1.165, 1.54) is 22.1 Å². The molecule has 8 nitrogen and oxygen atoms in total. The second kappa shape index (κ2) is 14.4. The van der Waals surface area contributed by atoms with E-state index in [9.17, 15) is 9.59 Å². The van der Waals surface area contributed by atoms with Crippen LogP contribution in [0.25, 0.3) is 16.8 Å². The zero-order valence-electron chi connectivity index (χ0n) is 27.3. The Morgan fingerprint density at radius 1 is 1.00 bits per heavy atom. The lowest BCUT2D eigenvalue weighted by Gasteiger charge is -2.25. The van der Waals surface area contributed by atoms with Crippen LogP contribution < -0.4 is 29.1 Å². The number of thiazole rings is 1. The number of ether oxygens (including phenoxy) is 4. The van der Waals surface area contributed by atoms with Crippen molar-refractivity contribution in [1.29, 1.82) is 0 Å². The van der Waals surface area contributed by atoms with Gasteiger partial charge >= 0.3 is 5.97 Å². The Bertz CT molecular complexity index is 2240. The Hall–Kier alpha value is -4.42. The topological polar surface area (TPSA) is 88.4 Å². The van der Waals surface area contributed by atoms with Gasteiger partial charge in [0.1, 0.15) is 12.4 Å². The van der Waals surface area contributed by atoms with Crippen LogP contribution in [-0.2, 0) is 16.1 Å². The summed E-state index contributed by atoms with van der Waals surface area (Å²) in [6.07, 6.45) is 1.78. The Kier molecular flexibility index (Phi) is 10.0. The highest BCUT2D eigenvalue weighted by Gasteiger charge is 2.34. The second-order valence-electron chi connectivity index (χ2n) is 11.5. The third-order valence-corrected chi connectivity index (χ3v) is 9.67. The number of benzene rings is 4. The molecule has 0 N–H and O–H groups in total. The number of hydrogen-bond acceptors (Lipinski definition) is 8. The van der Waals surface area contributed by atoms with Crippen molar-refractivity contribution in [3.8, 4) is 17.2 Å². The SMILES string of the molecule is CCOC(=O)C1=C(C)N=c2s/c(=C\c3ccc(OCc4ccc5ccccc5c4)c(I)c3)c(=O)n2[C@H]1c1ccc(OC(C)C)c(OC)c1. The molecule has 0 saturated carbocycles. The highest BCUT2D eigenvalue weighted by molar-refractivity contribution is 14.1. The molecule has 0 amide bonds. The van der Waals surface area contributed by atoms with Gasteiger partial charge in [0, 0.05) is 0 Å². The zero-order valence-corrected chi connectivity index (χ0v) is 30.3. The summed E-state index contributed by atoms with van der Waals surface area (Å²) in [7, 11) is 1.56. The number of esters is 1. The minimum atomic E-state index is -0.768. The fraction of sp³-hybridized carbons (Fsp3) is 0.237. The van der Waals surface area contributed by atoms with Gasteiger partial charge in [-0.25, -0.2) is 9.79 Å². The maximum Gasteiger partial charge on any atom is 0.338 e. The largest absolute Gasteiger partial charge is 0.493 e. The van der Waals surface area contributed by atoms with Gasteiger partial charge in [0.25, 0.3) is 5.56 Å². The molecule has 0 unspecified atom stereocenters. The van der Waals surface area contributed by atoms with E-state index >= 15 is 0 Å². The first-order chi connectivity index (χ1) is 23.2. The molecule has 1 aromatic heterocycles. The molecule has 0 radical (unpaired) electrons. The van der Waals surface area contributed by atoms with E-state index in [0.717, 1.165) is 20.4 Å². The minimum Gasteiger partial charge on any atom is -0.493 e. The van der Waals surface area contributed by atoms with Crippen LogP contribution in [0.5, 0.6) is 17.2 Å². The molecule has 10 heteroatoms. The number of aromatic nitrogens is 1. The van der Waals surface area contributed by atoms with Gasteiger partial charge in [0.2, 0.25) is 0 Å². The number of rotatable bonds is 10. The number of carbonyl (C=O) groups is 1. The Morgan fingerprint density at radius 2 is 1.77 bits per heavy atom. The van der Waals surface area contributed by atoms with E-state index < -0.39 is 12.0 Å². The summed E-state index contributed by atoms with van der Waals surface area (Å²) in [5, 5.41) is 2.37. The van der Waals surface area contributed by atoms with E-state index in [1.54, 1.807) is 37.7 Å². The van der Waals surface area contributed by atoms with Gasteiger partial charge < -0.3 is 18.9 Å². The highest BCUT2D eigenvalue weighted by Crippen LogP contribution is 2.36. The van der Waals surface area contributed by atoms with Crippen LogP contribution in [0.2, 0.25) is 0 Å². The first-order valence-corrected chi connectivity index (χ1v) is 17.5. The van der Waals surface area contributed by atoms with E-state index in [0.29, 0.717) is 44.3 Å². The van der Waals surface area contributed by atoms with Gasteiger partial charge in [-0.15, -0.1) is 0 Å². The molecule has 1 aliphatic heterocycles. The highest BCUT2D eigenvalue weighted by atomic mass is 127. The summed E-state index contributed by atoms with van der Waals surface area (Å²) >= 11 is 3.53. The molecule has 0 spiro atoms. The molecule has 0 saturated heterocycles. The fourth-order valence-corrected chi connectivity index (χ4v) is 7.42. The van der Waals surface area contributed by atoms with Gasteiger partial charge in [-0.05, 0) is 114 Å². The van der Waals surface area contributed by atoms with Crippen molar-refractivity contribution in [2.45, 2.75) is 46.4 Å². The van der Waals surface area contributed by atoms with Crippen molar-refractivity contribution in [2.24, 2.45) is 4.99 Å². The molecule has 1 aliphatic rings. The molecule has 6 rings (SSSR count).